The molecule has 0 unspecified atom stereocenters. The Balaban J connectivity index is 0.931. The Labute approximate surface area is 853 Å². The summed E-state index contributed by atoms with van der Waals surface area (Å²) in [6, 6.07) is 0. The van der Waals surface area contributed by atoms with Gasteiger partial charge < -0.3 is 142 Å². The highest BCUT2D eigenvalue weighted by Crippen LogP contribution is 2.76. The Hall–Kier alpha value is -10.8. The van der Waals surface area contributed by atoms with Crippen molar-refractivity contribution in [3.8, 4) is 0 Å². The molecule has 6 heterocycles. The van der Waals surface area contributed by atoms with Crippen LogP contribution in [0.5, 0.6) is 0 Å². The lowest BCUT2D eigenvalue weighted by Gasteiger charge is -2.71. The topological polar surface area (TPSA) is 612 Å². The van der Waals surface area contributed by atoms with E-state index >= 15 is 4.79 Å². The predicted molar refractivity (Wildman–Crippen MR) is 484 cm³/mol. The molecule has 0 bridgehead atoms. The summed E-state index contributed by atoms with van der Waals surface area (Å²) >= 11 is 0. The molecule has 0 radical (unpaired) electrons. The molecule has 49 heteroatoms. The fourth-order valence-corrected chi connectivity index (χ4v) is 24.1. The molecule has 11 aliphatic rings. The molecule has 1 N–H and O–H groups in total. The van der Waals surface area contributed by atoms with Crippen molar-refractivity contribution in [3.63, 3.8) is 0 Å². The first-order valence-corrected chi connectivity index (χ1v) is 49.2. The number of rotatable bonds is 33. The quantitative estimate of drug-likeness (QED) is 0.0387. The van der Waals surface area contributed by atoms with E-state index in [0.717, 1.165) is 116 Å². The molecule has 0 spiro atoms. The van der Waals surface area contributed by atoms with Crippen molar-refractivity contribution >= 4 is 113 Å². The smallest absolute Gasteiger partial charge is 0.337 e. The molecule has 0 aromatic carbocycles. The van der Waals surface area contributed by atoms with Gasteiger partial charge in [0.1, 0.15) is 43.7 Å². The lowest BCUT2D eigenvalue weighted by atomic mass is 9.33. The van der Waals surface area contributed by atoms with Crippen LogP contribution in [-0.2, 0) is 228 Å². The van der Waals surface area contributed by atoms with E-state index in [1.807, 2.05) is 6.92 Å². The zero-order valence-corrected chi connectivity index (χ0v) is 87.6. The Kier molecular flexibility index (Phi) is 38.0. The maximum Gasteiger partial charge on any atom is 0.337 e. The molecule has 0 amide bonds. The van der Waals surface area contributed by atoms with Crippen LogP contribution in [0, 0.1) is 50.2 Å². The Bertz CT molecular complexity index is 4990. The van der Waals surface area contributed by atoms with Crippen LogP contribution in [0.15, 0.2) is 11.6 Å². The first-order valence-electron chi connectivity index (χ1n) is 49.2. The molecule has 6 aliphatic heterocycles. The molecule has 49 nitrogen and oxygen atoms in total. The van der Waals surface area contributed by atoms with Crippen molar-refractivity contribution in [2.75, 3.05) is 26.4 Å². The largest absolute Gasteiger partial charge is 0.479 e. The number of fused-ring (bicyclic) bond motifs is 7. The minimum Gasteiger partial charge on any atom is -0.479 e. The van der Waals surface area contributed by atoms with Gasteiger partial charge in [0.2, 0.25) is 6.29 Å². The second kappa shape index (κ2) is 47.8. The lowest BCUT2D eigenvalue weighted by Crippen LogP contribution is -2.69. The summed E-state index contributed by atoms with van der Waals surface area (Å²) in [7, 11) is 0. The van der Waals surface area contributed by atoms with E-state index in [2.05, 4.69) is 40.7 Å². The van der Waals surface area contributed by atoms with E-state index in [0.29, 0.717) is 44.9 Å². The monoisotopic (exact) mass is 2110 g/mol. The molecule has 828 valence electrons. The summed E-state index contributed by atoms with van der Waals surface area (Å²) in [6.07, 6.45) is -49.6. The van der Waals surface area contributed by atoms with Crippen LogP contribution in [0.4, 0.5) is 0 Å². The van der Waals surface area contributed by atoms with Gasteiger partial charge in [-0.1, -0.05) is 53.2 Å². The van der Waals surface area contributed by atoms with Crippen LogP contribution in [0.2, 0.25) is 0 Å². The number of carbonyl (C=O) groups excluding carboxylic acids is 18. The SMILES string of the molecule is CC(=O)OC[C@H]1O[C@@H](O[C@@H]2[C@@H](OC(C)=O)[C@H](C)O[C@@H](O[C@H]3[C@H](O[C@H]4CC[C@@]5(C)[C@@H](CC[C@]6(C)[C@@H]5CC=C5[C@@H]7CC(C)(C)CC[C@]7(C(=O)O[C@@H]7O[C@H](COC(C)=O)[C@@H](OC(C)=O)[C@H](O[C@@H]8O[C@@H](C)[C@H](O[C@@H]9O[C@H](C(=O)O)[C@@H](OC(C)=O)[C@H](OC(C)=O)[C@H]9OC(C)=O)[C@@H](OC(C)=O)[C@H]8OC(C)=O)[C@H]7OC(C)=O)CC[C@]56C)[C@]4(C)COC(C)=O)OC[C@H](OC(C)=O)[C@@H]3OC(C)=O)[C@@H]2OC(C)=O)[C@H](OC(C)=O)[C@@H](OC(C)=O)[C@@H]1OC(C)=O. The Morgan fingerprint density at radius 2 is 0.703 bits per heavy atom. The van der Waals surface area contributed by atoms with Crippen molar-refractivity contribution in [1.82, 2.24) is 0 Å². The lowest BCUT2D eigenvalue weighted by molar-refractivity contribution is -0.383. The normalized spacial score (nSPS) is 39.0. The highest BCUT2D eigenvalue weighted by atomic mass is 16.8. The second-order valence-electron chi connectivity index (χ2n) is 41.3. The van der Waals surface area contributed by atoms with Crippen molar-refractivity contribution in [2.45, 2.75) is 422 Å². The van der Waals surface area contributed by atoms with Crippen LogP contribution >= 0.6 is 0 Å². The average Bonchev–Trinajstić information content (AvgIpc) is 0.671. The predicted octanol–water partition coefficient (Wildman–Crippen LogP) is 5.08. The fourth-order valence-electron chi connectivity index (χ4n) is 24.1. The maximum atomic E-state index is 16.6. The van der Waals surface area contributed by atoms with E-state index in [1.54, 1.807) is 0 Å². The minimum absolute atomic E-state index is 0.174. The number of esters is 18. The van der Waals surface area contributed by atoms with Crippen molar-refractivity contribution in [2.24, 2.45) is 50.2 Å². The summed E-state index contributed by atoms with van der Waals surface area (Å²) in [4.78, 5) is 254. The summed E-state index contributed by atoms with van der Waals surface area (Å²) < 4.78 is 178. The minimum atomic E-state index is -2.25. The van der Waals surface area contributed by atoms with Crippen LogP contribution in [0.25, 0.3) is 0 Å². The molecule has 148 heavy (non-hydrogen) atoms. The Morgan fingerprint density at radius 3 is 1.18 bits per heavy atom. The molecule has 5 aliphatic carbocycles. The molecular weight excluding hydrogens is 1970 g/mol. The second-order valence-corrected chi connectivity index (χ2v) is 41.3. The molecule has 6 saturated heterocycles. The number of aliphatic carboxylic acids is 1. The number of ether oxygens (including phenoxy) is 29. The maximum absolute atomic E-state index is 16.6. The van der Waals surface area contributed by atoms with Gasteiger partial charge in [0.05, 0.1) is 36.9 Å². The summed E-state index contributed by atoms with van der Waals surface area (Å²) in [5.41, 5.74) is -4.12. The van der Waals surface area contributed by atoms with Crippen molar-refractivity contribution in [3.05, 3.63) is 11.6 Å². The van der Waals surface area contributed by atoms with Gasteiger partial charge in [0, 0.05) is 123 Å². The first-order chi connectivity index (χ1) is 69.0. The van der Waals surface area contributed by atoms with Gasteiger partial charge in [-0.25, -0.2) is 4.79 Å². The average molecular weight is 2110 g/mol. The van der Waals surface area contributed by atoms with Gasteiger partial charge in [0.25, 0.3) is 0 Å². The summed E-state index contributed by atoms with van der Waals surface area (Å²) in [5.74, 6) is -20.6. The van der Waals surface area contributed by atoms with Gasteiger partial charge in [-0.2, -0.15) is 0 Å². The number of hydrogen-bond donors (Lipinski definition) is 1. The van der Waals surface area contributed by atoms with Crippen molar-refractivity contribution < 1.29 is 234 Å². The first kappa shape index (κ1) is 117. The van der Waals surface area contributed by atoms with Gasteiger partial charge in [-0.3, -0.25) is 86.3 Å². The third-order valence-corrected chi connectivity index (χ3v) is 30.0. The number of carbonyl (C=O) groups is 19. The van der Waals surface area contributed by atoms with Crippen LogP contribution in [0.1, 0.15) is 237 Å². The highest BCUT2D eigenvalue weighted by molar-refractivity contribution is 5.80. The zero-order chi connectivity index (χ0) is 110. The van der Waals surface area contributed by atoms with Crippen molar-refractivity contribution in [1.29, 1.82) is 0 Å². The Morgan fingerprint density at radius 1 is 0.331 bits per heavy atom. The van der Waals surface area contributed by atoms with E-state index in [1.165, 1.54) is 20.8 Å². The number of carboxylic acids is 1. The van der Waals surface area contributed by atoms with Crippen LogP contribution < -0.4 is 0 Å². The fraction of sp³-hybridized carbons (Fsp3) is 0.788. The van der Waals surface area contributed by atoms with Gasteiger partial charge in [-0.15, -0.1) is 0 Å². The number of allylic oxidation sites excluding steroid dienone is 2. The number of carboxylic acid groups (broad SMARTS) is 1. The molecule has 38 atom stereocenters. The van der Waals surface area contributed by atoms with E-state index in [9.17, 15) is 91.4 Å². The van der Waals surface area contributed by atoms with Gasteiger partial charge in [0.15, 0.2) is 129 Å². The van der Waals surface area contributed by atoms with Crippen LogP contribution in [-0.4, -0.2) is 329 Å². The molecule has 0 aromatic rings. The third-order valence-electron chi connectivity index (χ3n) is 30.0. The third kappa shape index (κ3) is 26.5. The molecule has 11 rings (SSSR count). The van der Waals surface area contributed by atoms with Gasteiger partial charge in [-0.05, 0) is 117 Å². The summed E-state index contributed by atoms with van der Waals surface area (Å²) in [6.45, 7) is 30.3. The van der Waals surface area contributed by atoms with E-state index < -0.39 is 362 Å². The number of hydrogen-bond acceptors (Lipinski definition) is 48. The molecule has 4 saturated carbocycles. The van der Waals surface area contributed by atoms with E-state index in [4.69, 9.17) is 137 Å². The zero-order valence-electron chi connectivity index (χ0n) is 87.6. The van der Waals surface area contributed by atoms with Crippen LogP contribution in [0.3, 0.4) is 0 Å². The standard InChI is InChI=1S/C99H138O49/c1-41-68(127-47(7)104)74(144-90-83(137-57(17)114)75(132-52(12)109)70(128-48(8)105)63(140-90)37-120-43(3)100)82(136-56(16)113)89(124-41)147-80-72(130-50(10)107)62(126-46(6)103)39-122-87(80)142-67-29-30-95(22)65(96(67,23)40-123-45(5)102)28-31-98(25)66(95)27-26-60-61-36-94(20,21)32-34-99(61,35-33-97(60,98)24)93(119)148-91-84(138-58(18)115)76(71(129-49(9)106)64(141-91)38-121-44(4)101)145-88-81(135-55(15)112)73(131-51(11)108)69(42(2)125-88)143-92-85(139-59(19)116)78(134-54(14)111)77(133-53(13)110)79(146-92)86(117)118/h26,41-42,61-85,87-92H,27-40H2,1-25H3,(H,117,118)/t41-,42-,61-,62-,63+,64+,65+,66+,67-,68-,69-,70+,71+,72-,73+,74+,75-,76-,77-,78-,79-,80+,81+,82+,83+,84+,85+,87-,88-,89-,90-,91-,92+,95-,96-,97+,98+,99-/m0/s1. The molecular formula is C99H138O49. The molecule has 0 aromatic heterocycles. The highest BCUT2D eigenvalue weighted by Gasteiger charge is 2.73. The van der Waals surface area contributed by atoms with E-state index in [-0.39, 0.29) is 31.8 Å². The summed E-state index contributed by atoms with van der Waals surface area (Å²) in [5, 5.41) is 10.5. The molecule has 10 fully saturated rings. The van der Waals surface area contributed by atoms with Gasteiger partial charge >= 0.3 is 113 Å².